The SMILES string of the molecule is NC1CCCN1S(=O)(=O)c1ccc([N+](=O)[O-])c(F)c1. The number of sulfonamides is 1. The first-order valence-corrected chi connectivity index (χ1v) is 6.99. The first-order chi connectivity index (χ1) is 8.84. The van der Waals surface area contributed by atoms with Crippen molar-refractivity contribution in [2.24, 2.45) is 5.73 Å². The van der Waals surface area contributed by atoms with E-state index >= 15 is 0 Å². The van der Waals surface area contributed by atoms with Crippen LogP contribution in [0.2, 0.25) is 0 Å². The molecule has 1 aliphatic heterocycles. The van der Waals surface area contributed by atoms with Gasteiger partial charge in [-0.3, -0.25) is 10.1 Å². The van der Waals surface area contributed by atoms with Crippen molar-refractivity contribution in [2.45, 2.75) is 23.9 Å². The minimum atomic E-state index is -3.91. The fourth-order valence-corrected chi connectivity index (χ4v) is 3.59. The number of nitro groups is 1. The smallest absolute Gasteiger partial charge is 0.304 e. The number of nitro benzene ring substituents is 1. The van der Waals surface area contributed by atoms with Crippen molar-refractivity contribution in [3.8, 4) is 0 Å². The van der Waals surface area contributed by atoms with Gasteiger partial charge in [-0.15, -0.1) is 0 Å². The van der Waals surface area contributed by atoms with E-state index in [1.54, 1.807) is 0 Å². The number of nitrogens with two attached hydrogens (primary N) is 1. The van der Waals surface area contributed by atoms with Crippen LogP contribution in [0, 0.1) is 15.9 Å². The van der Waals surface area contributed by atoms with E-state index in [0.29, 0.717) is 18.9 Å². The molecule has 0 aromatic heterocycles. The molecule has 7 nitrogen and oxygen atoms in total. The van der Waals surface area contributed by atoms with Gasteiger partial charge in [0.05, 0.1) is 16.0 Å². The fourth-order valence-electron chi connectivity index (χ4n) is 2.00. The Morgan fingerprint density at radius 3 is 2.63 bits per heavy atom. The van der Waals surface area contributed by atoms with Crippen LogP contribution in [0.4, 0.5) is 10.1 Å². The van der Waals surface area contributed by atoms with E-state index in [2.05, 4.69) is 0 Å². The molecule has 1 atom stereocenters. The Labute approximate surface area is 109 Å². The highest BCUT2D eigenvalue weighted by Gasteiger charge is 2.34. The minimum absolute atomic E-state index is 0.266. The maximum atomic E-state index is 13.5. The summed E-state index contributed by atoms with van der Waals surface area (Å²) in [5.41, 5.74) is 4.90. The molecule has 0 amide bonds. The van der Waals surface area contributed by atoms with E-state index in [-0.39, 0.29) is 11.4 Å². The van der Waals surface area contributed by atoms with Gasteiger partial charge in [0.1, 0.15) is 0 Å². The molecule has 0 radical (unpaired) electrons. The number of hydrogen-bond donors (Lipinski definition) is 1. The van der Waals surface area contributed by atoms with Gasteiger partial charge in [0.25, 0.3) is 0 Å². The quantitative estimate of drug-likeness (QED) is 0.654. The van der Waals surface area contributed by atoms with Crippen molar-refractivity contribution in [1.29, 1.82) is 0 Å². The number of nitrogens with zero attached hydrogens (tertiary/aromatic N) is 2. The van der Waals surface area contributed by atoms with Gasteiger partial charge in [-0.05, 0) is 18.9 Å². The molecule has 2 N–H and O–H groups in total. The molecule has 19 heavy (non-hydrogen) atoms. The summed E-state index contributed by atoms with van der Waals surface area (Å²) >= 11 is 0. The molecule has 2 rings (SSSR count). The normalized spacial score (nSPS) is 20.6. The third-order valence-electron chi connectivity index (χ3n) is 2.97. The molecule has 1 heterocycles. The molecule has 1 aromatic carbocycles. The molecule has 1 fully saturated rings. The van der Waals surface area contributed by atoms with Gasteiger partial charge in [0.15, 0.2) is 0 Å². The molecule has 104 valence electrons. The van der Waals surface area contributed by atoms with Crippen LogP contribution in [-0.4, -0.2) is 30.4 Å². The van der Waals surface area contributed by atoms with Gasteiger partial charge in [-0.1, -0.05) is 0 Å². The second-order valence-electron chi connectivity index (χ2n) is 4.20. The van der Waals surface area contributed by atoms with Crippen molar-refractivity contribution in [3.05, 3.63) is 34.1 Å². The average Bonchev–Trinajstić information content (AvgIpc) is 2.75. The zero-order valence-electron chi connectivity index (χ0n) is 9.82. The number of rotatable bonds is 3. The lowest BCUT2D eigenvalue weighted by Crippen LogP contribution is -2.40. The third kappa shape index (κ3) is 2.44. The van der Waals surface area contributed by atoms with E-state index in [4.69, 9.17) is 5.73 Å². The molecule has 1 saturated heterocycles. The van der Waals surface area contributed by atoms with Crippen molar-refractivity contribution < 1.29 is 17.7 Å². The van der Waals surface area contributed by atoms with Gasteiger partial charge in [-0.2, -0.15) is 8.70 Å². The lowest BCUT2D eigenvalue weighted by atomic mass is 10.3. The van der Waals surface area contributed by atoms with Gasteiger partial charge in [0.2, 0.25) is 15.8 Å². The molecule has 1 aliphatic rings. The number of benzene rings is 1. The summed E-state index contributed by atoms with van der Waals surface area (Å²) in [4.78, 5) is 9.24. The minimum Gasteiger partial charge on any atom is -0.315 e. The predicted molar refractivity (Wildman–Crippen MR) is 64.2 cm³/mol. The van der Waals surface area contributed by atoms with Crippen LogP contribution in [0.3, 0.4) is 0 Å². The molecule has 0 spiro atoms. The maximum Gasteiger partial charge on any atom is 0.304 e. The van der Waals surface area contributed by atoms with Crippen LogP contribution in [0.1, 0.15) is 12.8 Å². The lowest BCUT2D eigenvalue weighted by molar-refractivity contribution is -0.387. The number of hydrogen-bond acceptors (Lipinski definition) is 5. The summed E-state index contributed by atoms with van der Waals surface area (Å²) in [5, 5.41) is 10.5. The van der Waals surface area contributed by atoms with E-state index < -0.39 is 32.6 Å². The first-order valence-electron chi connectivity index (χ1n) is 5.55. The van der Waals surface area contributed by atoms with Crippen molar-refractivity contribution in [1.82, 2.24) is 4.31 Å². The first kappa shape index (κ1) is 13.8. The van der Waals surface area contributed by atoms with Crippen LogP contribution in [0.15, 0.2) is 23.1 Å². The van der Waals surface area contributed by atoms with Crippen molar-refractivity contribution in [3.63, 3.8) is 0 Å². The second kappa shape index (κ2) is 4.83. The van der Waals surface area contributed by atoms with Crippen LogP contribution in [0.25, 0.3) is 0 Å². The zero-order valence-corrected chi connectivity index (χ0v) is 10.6. The fraction of sp³-hybridized carbons (Fsp3) is 0.400. The highest BCUT2D eigenvalue weighted by Crippen LogP contribution is 2.26. The van der Waals surface area contributed by atoms with Gasteiger partial charge < -0.3 is 5.73 Å². The molecule has 0 aliphatic carbocycles. The molecule has 0 saturated carbocycles. The van der Waals surface area contributed by atoms with Crippen molar-refractivity contribution >= 4 is 15.7 Å². The number of halogens is 1. The second-order valence-corrected chi connectivity index (χ2v) is 6.09. The summed E-state index contributed by atoms with van der Waals surface area (Å²) in [6.07, 6.45) is 0.535. The molecule has 1 unspecified atom stereocenters. The summed E-state index contributed by atoms with van der Waals surface area (Å²) in [7, 11) is -3.91. The van der Waals surface area contributed by atoms with E-state index in [0.717, 1.165) is 16.4 Å². The third-order valence-corrected chi connectivity index (χ3v) is 4.89. The predicted octanol–water partition coefficient (Wildman–Crippen LogP) is 0.803. The molecule has 0 bridgehead atoms. The highest BCUT2D eigenvalue weighted by molar-refractivity contribution is 7.89. The average molecular weight is 289 g/mol. The largest absolute Gasteiger partial charge is 0.315 e. The Morgan fingerprint density at radius 2 is 2.16 bits per heavy atom. The van der Waals surface area contributed by atoms with Crippen LogP contribution >= 0.6 is 0 Å². The zero-order chi connectivity index (χ0) is 14.2. The Morgan fingerprint density at radius 1 is 1.47 bits per heavy atom. The Kier molecular flexibility index (Phi) is 3.52. The van der Waals surface area contributed by atoms with Gasteiger partial charge >= 0.3 is 5.69 Å². The van der Waals surface area contributed by atoms with Crippen LogP contribution in [0.5, 0.6) is 0 Å². The maximum absolute atomic E-state index is 13.5. The lowest BCUT2D eigenvalue weighted by Gasteiger charge is -2.20. The van der Waals surface area contributed by atoms with E-state index in [1.807, 2.05) is 0 Å². The highest BCUT2D eigenvalue weighted by atomic mass is 32.2. The van der Waals surface area contributed by atoms with Crippen LogP contribution < -0.4 is 5.73 Å². The van der Waals surface area contributed by atoms with E-state index in [1.165, 1.54) is 0 Å². The Bertz CT molecular complexity index is 619. The molecule has 1 aromatic rings. The summed E-state index contributed by atoms with van der Waals surface area (Å²) in [6, 6.07) is 2.50. The van der Waals surface area contributed by atoms with Gasteiger partial charge in [0, 0.05) is 18.7 Å². The van der Waals surface area contributed by atoms with Crippen LogP contribution in [-0.2, 0) is 10.0 Å². The van der Waals surface area contributed by atoms with Crippen molar-refractivity contribution in [2.75, 3.05) is 6.54 Å². The topological polar surface area (TPSA) is 107 Å². The molecular weight excluding hydrogens is 277 g/mol. The summed E-state index contributed by atoms with van der Waals surface area (Å²) in [6.45, 7) is 0.266. The Balaban J connectivity index is 2.42. The summed E-state index contributed by atoms with van der Waals surface area (Å²) < 4.78 is 38.9. The molecular formula is C10H12FN3O4S. The standard InChI is InChI=1S/C10H12FN3O4S/c11-8-6-7(3-4-9(8)14(15)16)19(17,18)13-5-1-2-10(13)12/h3-4,6,10H,1-2,5,12H2. The monoisotopic (exact) mass is 289 g/mol. The van der Waals surface area contributed by atoms with E-state index in [9.17, 15) is 22.9 Å². The Hall–Kier alpha value is -1.58. The van der Waals surface area contributed by atoms with Gasteiger partial charge in [-0.25, -0.2) is 8.42 Å². The summed E-state index contributed by atoms with van der Waals surface area (Å²) in [5.74, 6) is -1.18. The molecule has 9 heteroatoms.